The van der Waals surface area contributed by atoms with Gasteiger partial charge in [-0.05, 0) is 38.8 Å². The number of hydrogen-bond acceptors (Lipinski definition) is 4. The second-order valence-corrected chi connectivity index (χ2v) is 4.21. The molecule has 1 aromatic rings. The molecule has 2 N–H and O–H groups in total. The zero-order chi connectivity index (χ0) is 11.4. The number of rotatable bonds is 3. The normalized spacial score (nSPS) is 20.8. The van der Waals surface area contributed by atoms with Gasteiger partial charge in [-0.25, -0.2) is 14.4 Å². The van der Waals surface area contributed by atoms with Crippen molar-refractivity contribution in [1.29, 1.82) is 0 Å². The van der Waals surface area contributed by atoms with Gasteiger partial charge in [-0.1, -0.05) is 0 Å². The molecule has 5 heteroatoms. The molecule has 1 fully saturated rings. The Hall–Kier alpha value is -1.23. The number of piperidine rings is 1. The molecule has 1 aliphatic rings. The van der Waals surface area contributed by atoms with Crippen molar-refractivity contribution < 1.29 is 4.39 Å². The Morgan fingerprint density at radius 2 is 2.44 bits per heavy atom. The highest BCUT2D eigenvalue weighted by atomic mass is 19.1. The van der Waals surface area contributed by atoms with Gasteiger partial charge < -0.3 is 10.6 Å². The highest BCUT2D eigenvalue weighted by Crippen LogP contribution is 2.14. The first-order chi connectivity index (χ1) is 7.77. The summed E-state index contributed by atoms with van der Waals surface area (Å²) in [5.74, 6) is 0.535. The number of anilines is 1. The quantitative estimate of drug-likeness (QED) is 0.813. The van der Waals surface area contributed by atoms with Crippen molar-refractivity contribution in [3.05, 3.63) is 17.8 Å². The number of aryl methyl sites for hydroxylation is 1. The molecule has 0 spiro atoms. The average Bonchev–Trinajstić information content (AvgIpc) is 2.32. The summed E-state index contributed by atoms with van der Waals surface area (Å²) in [5.41, 5.74) is 0.388. The summed E-state index contributed by atoms with van der Waals surface area (Å²) < 4.78 is 13.6. The fraction of sp³-hybridized carbons (Fsp3) is 0.636. The number of nitrogens with one attached hydrogen (secondary N) is 2. The van der Waals surface area contributed by atoms with Crippen LogP contribution in [0, 0.1) is 18.7 Å². The molecule has 0 saturated carbocycles. The minimum atomic E-state index is -0.341. The first kappa shape index (κ1) is 11.3. The SMILES string of the molecule is Cc1ncnc(NCC2CCCNC2)c1F. The van der Waals surface area contributed by atoms with E-state index < -0.39 is 0 Å². The molecular formula is C11H17FN4. The van der Waals surface area contributed by atoms with Crippen LogP contribution in [-0.2, 0) is 0 Å². The van der Waals surface area contributed by atoms with E-state index >= 15 is 0 Å². The Morgan fingerprint density at radius 1 is 1.56 bits per heavy atom. The van der Waals surface area contributed by atoms with Crippen LogP contribution in [0.4, 0.5) is 10.2 Å². The Balaban J connectivity index is 1.91. The second-order valence-electron chi connectivity index (χ2n) is 4.21. The Morgan fingerprint density at radius 3 is 3.19 bits per heavy atom. The largest absolute Gasteiger partial charge is 0.367 e. The molecule has 1 aliphatic heterocycles. The molecule has 88 valence electrons. The van der Waals surface area contributed by atoms with Crippen LogP contribution in [0.25, 0.3) is 0 Å². The van der Waals surface area contributed by atoms with Crippen molar-refractivity contribution in [1.82, 2.24) is 15.3 Å². The molecule has 2 rings (SSSR count). The van der Waals surface area contributed by atoms with E-state index in [0.717, 1.165) is 19.6 Å². The molecule has 0 aromatic carbocycles. The number of aromatic nitrogens is 2. The minimum Gasteiger partial charge on any atom is -0.367 e. The third kappa shape index (κ3) is 2.66. The smallest absolute Gasteiger partial charge is 0.186 e. The lowest BCUT2D eigenvalue weighted by Gasteiger charge is -2.23. The van der Waals surface area contributed by atoms with Gasteiger partial charge in [-0.15, -0.1) is 0 Å². The highest BCUT2D eigenvalue weighted by Gasteiger charge is 2.14. The average molecular weight is 224 g/mol. The maximum Gasteiger partial charge on any atom is 0.186 e. The molecular weight excluding hydrogens is 207 g/mol. The summed E-state index contributed by atoms with van der Waals surface area (Å²) in [6, 6.07) is 0. The summed E-state index contributed by atoms with van der Waals surface area (Å²) >= 11 is 0. The Kier molecular flexibility index (Phi) is 3.66. The van der Waals surface area contributed by atoms with Crippen molar-refractivity contribution >= 4 is 5.82 Å². The lowest BCUT2D eigenvalue weighted by Crippen LogP contribution is -2.33. The van der Waals surface area contributed by atoms with Crippen molar-refractivity contribution in [2.45, 2.75) is 19.8 Å². The van der Waals surface area contributed by atoms with Crippen molar-refractivity contribution in [2.75, 3.05) is 25.0 Å². The molecule has 2 heterocycles. The minimum absolute atomic E-state index is 0.318. The molecule has 0 bridgehead atoms. The van der Waals surface area contributed by atoms with E-state index in [9.17, 15) is 4.39 Å². The second kappa shape index (κ2) is 5.21. The third-order valence-electron chi connectivity index (χ3n) is 2.92. The van der Waals surface area contributed by atoms with Gasteiger partial charge >= 0.3 is 0 Å². The van der Waals surface area contributed by atoms with E-state index in [-0.39, 0.29) is 5.82 Å². The monoisotopic (exact) mass is 224 g/mol. The van der Waals surface area contributed by atoms with Gasteiger partial charge in [0.2, 0.25) is 0 Å². The Labute approximate surface area is 94.7 Å². The van der Waals surface area contributed by atoms with E-state index in [2.05, 4.69) is 20.6 Å². The first-order valence-corrected chi connectivity index (χ1v) is 5.69. The number of hydrogen-bond donors (Lipinski definition) is 2. The molecule has 0 radical (unpaired) electrons. The van der Waals surface area contributed by atoms with E-state index in [4.69, 9.17) is 0 Å². The Bertz CT molecular complexity index is 350. The summed E-state index contributed by atoms with van der Waals surface area (Å²) in [6.07, 6.45) is 3.77. The van der Waals surface area contributed by atoms with Crippen LogP contribution in [0.2, 0.25) is 0 Å². The zero-order valence-electron chi connectivity index (χ0n) is 9.46. The molecule has 4 nitrogen and oxygen atoms in total. The van der Waals surface area contributed by atoms with Gasteiger partial charge in [0.15, 0.2) is 11.6 Å². The van der Waals surface area contributed by atoms with Crippen LogP contribution in [-0.4, -0.2) is 29.6 Å². The standard InChI is InChI=1S/C11H17FN4/c1-8-10(12)11(16-7-15-8)14-6-9-3-2-4-13-5-9/h7,9,13H,2-6H2,1H3,(H,14,15,16). The predicted molar refractivity (Wildman–Crippen MR) is 60.8 cm³/mol. The van der Waals surface area contributed by atoms with Crippen LogP contribution in [0.3, 0.4) is 0 Å². The van der Waals surface area contributed by atoms with Gasteiger partial charge in [0.05, 0.1) is 5.69 Å². The third-order valence-corrected chi connectivity index (χ3v) is 2.92. The van der Waals surface area contributed by atoms with E-state index in [1.54, 1.807) is 6.92 Å². The topological polar surface area (TPSA) is 49.8 Å². The fourth-order valence-corrected chi connectivity index (χ4v) is 1.92. The lowest BCUT2D eigenvalue weighted by molar-refractivity contribution is 0.392. The van der Waals surface area contributed by atoms with Crippen LogP contribution < -0.4 is 10.6 Å². The van der Waals surface area contributed by atoms with E-state index in [0.29, 0.717) is 17.4 Å². The summed E-state index contributed by atoms with van der Waals surface area (Å²) in [5, 5.41) is 6.39. The zero-order valence-corrected chi connectivity index (χ0v) is 9.46. The maximum atomic E-state index is 13.6. The van der Waals surface area contributed by atoms with Crippen molar-refractivity contribution in [3.63, 3.8) is 0 Å². The van der Waals surface area contributed by atoms with Crippen molar-refractivity contribution in [3.8, 4) is 0 Å². The molecule has 1 atom stereocenters. The van der Waals surface area contributed by atoms with Gasteiger partial charge in [0.25, 0.3) is 0 Å². The van der Waals surface area contributed by atoms with Gasteiger partial charge in [-0.3, -0.25) is 0 Å². The fourth-order valence-electron chi connectivity index (χ4n) is 1.92. The number of halogens is 1. The van der Waals surface area contributed by atoms with Crippen LogP contribution in [0.1, 0.15) is 18.5 Å². The molecule has 16 heavy (non-hydrogen) atoms. The summed E-state index contributed by atoms with van der Waals surface area (Å²) in [4.78, 5) is 7.70. The molecule has 0 amide bonds. The van der Waals surface area contributed by atoms with Crippen LogP contribution in [0.15, 0.2) is 6.33 Å². The van der Waals surface area contributed by atoms with E-state index in [1.165, 1.54) is 19.2 Å². The molecule has 1 saturated heterocycles. The molecule has 1 unspecified atom stereocenters. The summed E-state index contributed by atoms with van der Waals surface area (Å²) in [6.45, 7) is 4.50. The molecule has 0 aliphatic carbocycles. The predicted octanol–water partition coefficient (Wildman–Crippen LogP) is 1.34. The number of nitrogens with zero attached hydrogens (tertiary/aromatic N) is 2. The molecule has 1 aromatic heterocycles. The van der Waals surface area contributed by atoms with Gasteiger partial charge in [0, 0.05) is 6.54 Å². The van der Waals surface area contributed by atoms with E-state index in [1.807, 2.05) is 0 Å². The first-order valence-electron chi connectivity index (χ1n) is 5.69. The van der Waals surface area contributed by atoms with Crippen LogP contribution in [0.5, 0.6) is 0 Å². The van der Waals surface area contributed by atoms with Gasteiger partial charge in [-0.2, -0.15) is 0 Å². The highest BCUT2D eigenvalue weighted by molar-refractivity contribution is 5.36. The summed E-state index contributed by atoms with van der Waals surface area (Å²) in [7, 11) is 0. The van der Waals surface area contributed by atoms with Crippen molar-refractivity contribution in [2.24, 2.45) is 5.92 Å². The maximum absolute atomic E-state index is 13.6. The van der Waals surface area contributed by atoms with Crippen LogP contribution >= 0.6 is 0 Å². The lowest BCUT2D eigenvalue weighted by atomic mass is 10.00. The van der Waals surface area contributed by atoms with Gasteiger partial charge in [0.1, 0.15) is 6.33 Å².